The van der Waals surface area contributed by atoms with E-state index < -0.39 is 13.1 Å². The topological polar surface area (TPSA) is 81.0 Å². The summed E-state index contributed by atoms with van der Waals surface area (Å²) in [5, 5.41) is 27.9. The van der Waals surface area contributed by atoms with Gasteiger partial charge < -0.3 is 20.1 Å². The van der Waals surface area contributed by atoms with Crippen molar-refractivity contribution in [2.75, 3.05) is 18.0 Å². The molecule has 1 heterocycles. The van der Waals surface area contributed by atoms with Gasteiger partial charge in [-0.3, -0.25) is 4.79 Å². The van der Waals surface area contributed by atoms with Crippen LogP contribution in [0.15, 0.2) is 24.3 Å². The van der Waals surface area contributed by atoms with Crippen LogP contribution >= 0.6 is 11.6 Å². The molecule has 126 valence electrons. The zero-order valence-electron chi connectivity index (χ0n) is 13.1. The van der Waals surface area contributed by atoms with Gasteiger partial charge in [0, 0.05) is 23.8 Å². The van der Waals surface area contributed by atoms with E-state index in [2.05, 4.69) is 4.90 Å². The van der Waals surface area contributed by atoms with Crippen molar-refractivity contribution in [3.8, 4) is 0 Å². The van der Waals surface area contributed by atoms with E-state index in [1.807, 2.05) is 24.3 Å². The maximum absolute atomic E-state index is 11.6. The number of nitrogens with zero attached hydrogens (tertiary/aromatic N) is 1. The number of aliphatic carboxylic acids is 1. The van der Waals surface area contributed by atoms with E-state index in [0.717, 1.165) is 25.2 Å². The first-order valence-electron chi connectivity index (χ1n) is 8.07. The highest BCUT2D eigenvalue weighted by atomic mass is 35.5. The van der Waals surface area contributed by atoms with Crippen LogP contribution < -0.4 is 4.90 Å². The average molecular weight is 340 g/mol. The van der Waals surface area contributed by atoms with E-state index >= 15 is 0 Å². The van der Waals surface area contributed by atoms with Crippen LogP contribution in [0, 0.1) is 11.8 Å². The second-order valence-electron chi connectivity index (χ2n) is 6.18. The molecule has 23 heavy (non-hydrogen) atoms. The second kappa shape index (κ2) is 8.57. The van der Waals surface area contributed by atoms with Crippen molar-refractivity contribution >= 4 is 30.4 Å². The van der Waals surface area contributed by atoms with Gasteiger partial charge in [-0.2, -0.15) is 0 Å². The number of carbonyl (C=O) groups is 1. The molecule has 1 aromatic rings. The van der Waals surface area contributed by atoms with Gasteiger partial charge in [0.2, 0.25) is 0 Å². The molecule has 1 saturated heterocycles. The van der Waals surface area contributed by atoms with Crippen LogP contribution in [0.2, 0.25) is 11.3 Å². The maximum atomic E-state index is 11.6. The summed E-state index contributed by atoms with van der Waals surface area (Å²) in [5.41, 5.74) is 1.07. The van der Waals surface area contributed by atoms with Gasteiger partial charge in [-0.05, 0) is 49.3 Å². The van der Waals surface area contributed by atoms with E-state index in [-0.39, 0.29) is 11.8 Å². The molecule has 3 N–H and O–H groups in total. The molecule has 1 fully saturated rings. The third kappa shape index (κ3) is 5.41. The summed E-state index contributed by atoms with van der Waals surface area (Å²) in [5.74, 6) is -0.997. The molecule has 2 rings (SSSR count). The highest BCUT2D eigenvalue weighted by Crippen LogP contribution is 2.32. The van der Waals surface area contributed by atoms with Crippen molar-refractivity contribution in [1.29, 1.82) is 0 Å². The number of anilines is 1. The molecule has 0 saturated carbocycles. The fraction of sp³-hybridized carbons (Fsp3) is 0.562. The first-order chi connectivity index (χ1) is 11.0. The number of carboxylic acid groups (broad SMARTS) is 1. The van der Waals surface area contributed by atoms with Gasteiger partial charge in [0.05, 0.1) is 5.92 Å². The molecule has 0 spiro atoms. The zero-order chi connectivity index (χ0) is 16.8. The summed E-state index contributed by atoms with van der Waals surface area (Å²) in [7, 11) is -1.30. The Hall–Kier alpha value is -1.24. The van der Waals surface area contributed by atoms with Crippen molar-refractivity contribution < 1.29 is 19.9 Å². The monoisotopic (exact) mass is 339 g/mol. The van der Waals surface area contributed by atoms with Gasteiger partial charge in [0.15, 0.2) is 0 Å². The molecule has 0 radical (unpaired) electrons. The highest BCUT2D eigenvalue weighted by Gasteiger charge is 2.33. The Kier molecular flexibility index (Phi) is 6.75. The lowest BCUT2D eigenvalue weighted by Gasteiger charge is -2.22. The van der Waals surface area contributed by atoms with Gasteiger partial charge in [0.1, 0.15) is 0 Å². The van der Waals surface area contributed by atoms with E-state index in [9.17, 15) is 9.90 Å². The quantitative estimate of drug-likeness (QED) is 0.501. The largest absolute Gasteiger partial charge is 0.481 e. The van der Waals surface area contributed by atoms with Crippen molar-refractivity contribution in [2.45, 2.75) is 32.0 Å². The Labute approximate surface area is 142 Å². The van der Waals surface area contributed by atoms with Crippen LogP contribution in [-0.4, -0.2) is 41.3 Å². The lowest BCUT2D eigenvalue weighted by Crippen LogP contribution is -2.27. The third-order valence-electron chi connectivity index (χ3n) is 4.53. The number of hydrogen-bond donors (Lipinski definition) is 3. The number of benzene rings is 1. The smallest absolute Gasteiger partial charge is 0.451 e. The molecule has 0 amide bonds. The van der Waals surface area contributed by atoms with Crippen molar-refractivity contribution in [3.05, 3.63) is 29.3 Å². The molecule has 1 aliphatic rings. The van der Waals surface area contributed by atoms with E-state index in [1.165, 1.54) is 0 Å². The molecule has 0 aliphatic carbocycles. The second-order valence-corrected chi connectivity index (χ2v) is 6.62. The predicted octanol–water partition coefficient (Wildman–Crippen LogP) is 2.51. The number of rotatable bonds is 8. The maximum Gasteiger partial charge on any atom is 0.451 e. The van der Waals surface area contributed by atoms with Crippen LogP contribution in [0.25, 0.3) is 0 Å². The number of halogens is 1. The summed E-state index contributed by atoms with van der Waals surface area (Å²) >= 11 is 5.90. The standard InChI is InChI=1S/C16H23BClNO4/c18-13-4-6-14(7-5-13)19-10-8-12(11-19)15(16(20)21)3-1-2-9-17(22)23/h4-7,12,15,22-23H,1-3,8-11H2,(H,20,21). The Morgan fingerprint density at radius 3 is 2.61 bits per heavy atom. The van der Waals surface area contributed by atoms with Gasteiger partial charge in [0.25, 0.3) is 0 Å². The molecule has 2 unspecified atom stereocenters. The SMILES string of the molecule is O=C(O)C(CCCCB(O)O)C1CCN(c2ccc(Cl)cc2)C1. The minimum Gasteiger partial charge on any atom is -0.481 e. The number of unbranched alkanes of at least 4 members (excludes halogenated alkanes) is 1. The Morgan fingerprint density at radius 1 is 1.30 bits per heavy atom. The zero-order valence-corrected chi connectivity index (χ0v) is 13.8. The normalized spacial score (nSPS) is 18.9. The molecular formula is C16H23BClNO4. The van der Waals surface area contributed by atoms with Crippen LogP contribution in [0.1, 0.15) is 25.7 Å². The minimum atomic E-state index is -1.30. The molecule has 5 nitrogen and oxygen atoms in total. The molecule has 1 aromatic carbocycles. The van der Waals surface area contributed by atoms with Gasteiger partial charge >= 0.3 is 13.1 Å². The lowest BCUT2D eigenvalue weighted by molar-refractivity contribution is -0.143. The van der Waals surface area contributed by atoms with Crippen LogP contribution in [-0.2, 0) is 4.79 Å². The molecule has 0 aromatic heterocycles. The van der Waals surface area contributed by atoms with Gasteiger partial charge in [-0.25, -0.2) is 0 Å². The van der Waals surface area contributed by atoms with Crippen LogP contribution in [0.4, 0.5) is 5.69 Å². The Bertz CT molecular complexity index is 511. The summed E-state index contributed by atoms with van der Waals surface area (Å²) in [6.45, 7) is 1.59. The summed E-state index contributed by atoms with van der Waals surface area (Å²) in [4.78, 5) is 13.8. The Balaban J connectivity index is 1.88. The average Bonchev–Trinajstić information content (AvgIpc) is 2.96. The summed E-state index contributed by atoms with van der Waals surface area (Å²) < 4.78 is 0. The van der Waals surface area contributed by atoms with Crippen LogP contribution in [0.5, 0.6) is 0 Å². The van der Waals surface area contributed by atoms with E-state index in [4.69, 9.17) is 21.6 Å². The van der Waals surface area contributed by atoms with E-state index in [0.29, 0.717) is 30.6 Å². The third-order valence-corrected chi connectivity index (χ3v) is 4.78. The minimum absolute atomic E-state index is 0.127. The van der Waals surface area contributed by atoms with Gasteiger partial charge in [-0.1, -0.05) is 24.4 Å². The van der Waals surface area contributed by atoms with Crippen LogP contribution in [0.3, 0.4) is 0 Å². The number of carboxylic acids is 1. The highest BCUT2D eigenvalue weighted by molar-refractivity contribution is 6.40. The predicted molar refractivity (Wildman–Crippen MR) is 91.7 cm³/mol. The molecule has 1 aliphatic heterocycles. The van der Waals surface area contributed by atoms with E-state index in [1.54, 1.807) is 0 Å². The lowest BCUT2D eigenvalue weighted by atomic mass is 9.81. The summed E-state index contributed by atoms with van der Waals surface area (Å²) in [6, 6.07) is 7.62. The fourth-order valence-electron chi connectivity index (χ4n) is 3.25. The molecule has 2 atom stereocenters. The summed E-state index contributed by atoms with van der Waals surface area (Å²) in [6.07, 6.45) is 3.08. The molecule has 0 bridgehead atoms. The molecular weight excluding hydrogens is 316 g/mol. The van der Waals surface area contributed by atoms with Crippen molar-refractivity contribution in [2.24, 2.45) is 11.8 Å². The fourth-order valence-corrected chi connectivity index (χ4v) is 3.38. The first kappa shape index (κ1) is 18.1. The van der Waals surface area contributed by atoms with Crippen molar-refractivity contribution in [3.63, 3.8) is 0 Å². The number of hydrogen-bond acceptors (Lipinski definition) is 4. The Morgan fingerprint density at radius 2 is 2.00 bits per heavy atom. The molecule has 7 heteroatoms. The first-order valence-corrected chi connectivity index (χ1v) is 8.44. The van der Waals surface area contributed by atoms with Crippen molar-refractivity contribution in [1.82, 2.24) is 0 Å². The van der Waals surface area contributed by atoms with Gasteiger partial charge in [-0.15, -0.1) is 0 Å².